The predicted octanol–water partition coefficient (Wildman–Crippen LogP) is 3.35. The molecule has 2 aromatic carbocycles. The van der Waals surface area contributed by atoms with Gasteiger partial charge in [-0.3, -0.25) is 9.47 Å². The van der Waals surface area contributed by atoms with Gasteiger partial charge in [-0.1, -0.05) is 24.3 Å². The average Bonchev–Trinajstić information content (AvgIpc) is 3.29. The summed E-state index contributed by atoms with van der Waals surface area (Å²) < 4.78 is 8.66. The molecule has 1 aromatic heterocycles. The number of rotatable bonds is 4. The number of likely N-dealkylation sites (tertiary alicyclic amines) is 1. The van der Waals surface area contributed by atoms with Crippen LogP contribution in [0, 0.1) is 13.8 Å². The van der Waals surface area contributed by atoms with Crippen molar-refractivity contribution in [3.63, 3.8) is 0 Å². The summed E-state index contributed by atoms with van der Waals surface area (Å²) in [5.74, 6) is 2.65. The smallest absolute Gasteiger partial charge is 0.140 e. The normalized spacial score (nSPS) is 24.0. The molecule has 1 fully saturated rings. The third-order valence-electron chi connectivity index (χ3n) is 6.44. The van der Waals surface area contributed by atoms with Gasteiger partial charge < -0.3 is 10.5 Å². The van der Waals surface area contributed by atoms with E-state index in [2.05, 4.69) is 51.5 Å². The molecule has 1 saturated heterocycles. The highest BCUT2D eigenvalue weighted by Gasteiger charge is 2.39. The number of hydrogen-bond donors (Lipinski definition) is 1. The van der Waals surface area contributed by atoms with Crippen molar-refractivity contribution in [2.75, 3.05) is 13.1 Å². The standard InChI is InChI=1S/C24H29N5O/c1-16-26-27-17(2)29(16)20-9-11-21(12-10-20)30-24-22-8-4-3-6-18(22)14-23(24)28-13-5-7-19(25)15-28/h3-4,6,8-12,19,23-24H,5,7,13-15,25H2,1-2H3/t19-,23+,24-/m1/s1. The van der Waals surface area contributed by atoms with E-state index in [0.717, 1.165) is 55.4 Å². The predicted molar refractivity (Wildman–Crippen MR) is 117 cm³/mol. The largest absolute Gasteiger partial charge is 0.484 e. The number of nitrogens with two attached hydrogens (primary N) is 1. The minimum Gasteiger partial charge on any atom is -0.484 e. The van der Waals surface area contributed by atoms with Crippen LogP contribution in [0.2, 0.25) is 0 Å². The monoisotopic (exact) mass is 403 g/mol. The van der Waals surface area contributed by atoms with E-state index < -0.39 is 0 Å². The van der Waals surface area contributed by atoms with Crippen molar-refractivity contribution in [1.29, 1.82) is 0 Å². The van der Waals surface area contributed by atoms with Crippen molar-refractivity contribution >= 4 is 0 Å². The molecule has 156 valence electrons. The lowest BCUT2D eigenvalue weighted by molar-refractivity contribution is 0.0593. The first-order valence-corrected chi connectivity index (χ1v) is 10.8. The van der Waals surface area contributed by atoms with E-state index in [4.69, 9.17) is 10.5 Å². The van der Waals surface area contributed by atoms with Crippen LogP contribution in [0.1, 0.15) is 41.7 Å². The topological polar surface area (TPSA) is 69.2 Å². The number of benzene rings is 2. The molecule has 3 atom stereocenters. The van der Waals surface area contributed by atoms with E-state index in [-0.39, 0.29) is 12.1 Å². The summed E-state index contributed by atoms with van der Waals surface area (Å²) in [6, 6.07) is 17.5. The summed E-state index contributed by atoms with van der Waals surface area (Å²) in [6.45, 7) is 5.97. The SMILES string of the molecule is Cc1nnc(C)n1-c1ccc(O[C@@H]2c3ccccc3C[C@@H]2N2CCC[C@@H](N)C2)cc1. The van der Waals surface area contributed by atoms with E-state index in [1.807, 2.05) is 30.5 Å². The van der Waals surface area contributed by atoms with Crippen molar-refractivity contribution in [2.24, 2.45) is 5.73 Å². The second-order valence-corrected chi connectivity index (χ2v) is 8.53. The fraction of sp³-hybridized carbons (Fsp3) is 0.417. The number of hydrogen-bond acceptors (Lipinski definition) is 5. The molecule has 5 rings (SSSR count). The maximum atomic E-state index is 6.61. The molecule has 0 radical (unpaired) electrons. The molecular weight excluding hydrogens is 374 g/mol. The van der Waals surface area contributed by atoms with Crippen molar-refractivity contribution in [3.8, 4) is 11.4 Å². The third-order valence-corrected chi connectivity index (χ3v) is 6.44. The quantitative estimate of drug-likeness (QED) is 0.723. The molecule has 2 aliphatic rings. The lowest BCUT2D eigenvalue weighted by Crippen LogP contribution is -2.49. The van der Waals surface area contributed by atoms with Gasteiger partial charge >= 0.3 is 0 Å². The molecule has 0 amide bonds. The van der Waals surface area contributed by atoms with Crippen LogP contribution in [-0.2, 0) is 6.42 Å². The molecule has 30 heavy (non-hydrogen) atoms. The molecule has 0 bridgehead atoms. The zero-order valence-corrected chi connectivity index (χ0v) is 17.7. The van der Waals surface area contributed by atoms with Gasteiger partial charge in [-0.05, 0) is 75.0 Å². The highest BCUT2D eigenvalue weighted by Crippen LogP contribution is 2.39. The van der Waals surface area contributed by atoms with Crippen LogP contribution in [0.3, 0.4) is 0 Å². The zero-order chi connectivity index (χ0) is 20.7. The van der Waals surface area contributed by atoms with Crippen LogP contribution in [0.25, 0.3) is 5.69 Å². The van der Waals surface area contributed by atoms with Gasteiger partial charge in [-0.2, -0.15) is 0 Å². The van der Waals surface area contributed by atoms with Gasteiger partial charge in [0.05, 0.1) is 6.04 Å². The Balaban J connectivity index is 1.41. The van der Waals surface area contributed by atoms with E-state index in [0.29, 0.717) is 6.04 Å². The van der Waals surface area contributed by atoms with Gasteiger partial charge in [0, 0.05) is 18.3 Å². The molecule has 1 aliphatic carbocycles. The Kier molecular flexibility index (Phi) is 5.05. The van der Waals surface area contributed by atoms with Crippen LogP contribution >= 0.6 is 0 Å². The Morgan fingerprint density at radius 2 is 1.73 bits per heavy atom. The summed E-state index contributed by atoms with van der Waals surface area (Å²) in [7, 11) is 0. The average molecular weight is 404 g/mol. The Bertz CT molecular complexity index is 1010. The second-order valence-electron chi connectivity index (χ2n) is 8.53. The van der Waals surface area contributed by atoms with Crippen molar-refractivity contribution in [1.82, 2.24) is 19.7 Å². The number of aromatic nitrogens is 3. The van der Waals surface area contributed by atoms with Crippen LogP contribution in [-0.4, -0.2) is 44.8 Å². The van der Waals surface area contributed by atoms with Crippen LogP contribution in [0.4, 0.5) is 0 Å². The second kappa shape index (κ2) is 7.85. The first-order chi connectivity index (χ1) is 14.6. The van der Waals surface area contributed by atoms with Gasteiger partial charge in [0.25, 0.3) is 0 Å². The van der Waals surface area contributed by atoms with E-state index in [1.54, 1.807) is 0 Å². The number of nitrogens with zero attached hydrogens (tertiary/aromatic N) is 4. The number of piperidine rings is 1. The maximum absolute atomic E-state index is 6.61. The summed E-state index contributed by atoms with van der Waals surface area (Å²) >= 11 is 0. The molecule has 0 saturated carbocycles. The zero-order valence-electron chi connectivity index (χ0n) is 17.7. The maximum Gasteiger partial charge on any atom is 0.140 e. The van der Waals surface area contributed by atoms with Crippen LogP contribution < -0.4 is 10.5 Å². The minimum atomic E-state index is 0.0238. The van der Waals surface area contributed by atoms with E-state index >= 15 is 0 Å². The molecule has 6 heteroatoms. The highest BCUT2D eigenvalue weighted by atomic mass is 16.5. The van der Waals surface area contributed by atoms with Gasteiger partial charge in [-0.15, -0.1) is 10.2 Å². The molecule has 0 unspecified atom stereocenters. The van der Waals surface area contributed by atoms with Crippen molar-refractivity contribution in [2.45, 2.75) is 51.3 Å². The molecule has 2 N–H and O–H groups in total. The first kappa shape index (κ1) is 19.3. The third kappa shape index (κ3) is 3.50. The molecule has 6 nitrogen and oxygen atoms in total. The van der Waals surface area contributed by atoms with Crippen molar-refractivity contribution in [3.05, 3.63) is 71.3 Å². The summed E-state index contributed by atoms with van der Waals surface area (Å²) in [6.07, 6.45) is 3.32. The van der Waals surface area contributed by atoms with Crippen LogP contribution in [0.15, 0.2) is 48.5 Å². The Morgan fingerprint density at radius 3 is 2.47 bits per heavy atom. The van der Waals surface area contributed by atoms with Gasteiger partial charge in [-0.25, -0.2) is 0 Å². The lowest BCUT2D eigenvalue weighted by atomic mass is 10.0. The van der Waals surface area contributed by atoms with E-state index in [9.17, 15) is 0 Å². The Hall–Kier alpha value is -2.70. The highest BCUT2D eigenvalue weighted by molar-refractivity contribution is 5.41. The number of fused-ring (bicyclic) bond motifs is 1. The molecule has 1 aliphatic heterocycles. The van der Waals surface area contributed by atoms with Gasteiger partial charge in [0.1, 0.15) is 23.5 Å². The Morgan fingerprint density at radius 1 is 1.00 bits per heavy atom. The molecule has 2 heterocycles. The van der Waals surface area contributed by atoms with Gasteiger partial charge in [0.15, 0.2) is 0 Å². The summed E-state index contributed by atoms with van der Waals surface area (Å²) in [5, 5.41) is 8.31. The molecular formula is C24H29N5O. The first-order valence-electron chi connectivity index (χ1n) is 10.8. The summed E-state index contributed by atoms with van der Waals surface area (Å²) in [4.78, 5) is 2.54. The minimum absolute atomic E-state index is 0.0238. The number of aryl methyl sites for hydroxylation is 2. The Labute approximate surface area is 177 Å². The fourth-order valence-corrected chi connectivity index (χ4v) is 5.00. The summed E-state index contributed by atoms with van der Waals surface area (Å²) in [5.41, 5.74) is 10.0. The van der Waals surface area contributed by atoms with E-state index in [1.165, 1.54) is 11.1 Å². The fourth-order valence-electron chi connectivity index (χ4n) is 5.00. The number of ether oxygens (including phenoxy) is 1. The van der Waals surface area contributed by atoms with Crippen molar-refractivity contribution < 1.29 is 4.74 Å². The lowest BCUT2D eigenvalue weighted by Gasteiger charge is -2.38. The molecule has 0 spiro atoms. The molecule has 3 aromatic rings. The van der Waals surface area contributed by atoms with Crippen LogP contribution in [0.5, 0.6) is 5.75 Å². The van der Waals surface area contributed by atoms with Gasteiger partial charge in [0.2, 0.25) is 0 Å².